The summed E-state index contributed by atoms with van der Waals surface area (Å²) < 4.78 is 0. The average molecular weight is 292 g/mol. The minimum absolute atomic E-state index is 0.150. The summed E-state index contributed by atoms with van der Waals surface area (Å²) >= 11 is 0. The zero-order valence-electron chi connectivity index (χ0n) is 13.3. The molecule has 0 aliphatic carbocycles. The lowest BCUT2D eigenvalue weighted by Crippen LogP contribution is -2.32. The molecule has 0 atom stereocenters. The lowest BCUT2D eigenvalue weighted by Gasteiger charge is -2.23. The van der Waals surface area contributed by atoms with Crippen molar-refractivity contribution in [3.05, 3.63) is 35.9 Å². The normalized spacial score (nSPS) is 10.9. The van der Waals surface area contributed by atoms with Crippen LogP contribution in [0.5, 0.6) is 0 Å². The van der Waals surface area contributed by atoms with Crippen LogP contribution in [0.4, 0.5) is 0 Å². The van der Waals surface area contributed by atoms with E-state index in [9.17, 15) is 9.90 Å². The van der Waals surface area contributed by atoms with Gasteiger partial charge in [-0.25, -0.2) is 0 Å². The van der Waals surface area contributed by atoms with Crippen molar-refractivity contribution in [2.24, 2.45) is 0 Å². The van der Waals surface area contributed by atoms with Crippen LogP contribution in [-0.2, 0) is 11.3 Å². The molecule has 0 saturated carbocycles. The first-order valence-corrected chi connectivity index (χ1v) is 7.86. The van der Waals surface area contributed by atoms with Crippen LogP contribution in [0.2, 0.25) is 0 Å². The number of amides is 1. The SMILES string of the molecule is CCN(CC)C(=O)CCCN(CCO)Cc1ccccc1. The summed E-state index contributed by atoms with van der Waals surface area (Å²) in [6.45, 7) is 8.03. The van der Waals surface area contributed by atoms with Crippen molar-refractivity contribution in [2.45, 2.75) is 33.2 Å². The number of aliphatic hydroxyl groups excluding tert-OH is 1. The molecule has 0 aliphatic heterocycles. The largest absolute Gasteiger partial charge is 0.395 e. The fourth-order valence-corrected chi connectivity index (χ4v) is 2.44. The maximum Gasteiger partial charge on any atom is 0.222 e. The van der Waals surface area contributed by atoms with Gasteiger partial charge in [-0.05, 0) is 32.4 Å². The number of aliphatic hydroxyl groups is 1. The zero-order valence-corrected chi connectivity index (χ0v) is 13.3. The quantitative estimate of drug-likeness (QED) is 0.718. The summed E-state index contributed by atoms with van der Waals surface area (Å²) in [4.78, 5) is 16.0. The van der Waals surface area contributed by atoms with Gasteiger partial charge in [0.2, 0.25) is 5.91 Å². The highest BCUT2D eigenvalue weighted by atomic mass is 16.3. The van der Waals surface area contributed by atoms with Crippen molar-refractivity contribution in [1.29, 1.82) is 0 Å². The molecule has 1 aromatic carbocycles. The van der Waals surface area contributed by atoms with Crippen molar-refractivity contribution in [1.82, 2.24) is 9.80 Å². The summed E-state index contributed by atoms with van der Waals surface area (Å²) in [6.07, 6.45) is 1.42. The average Bonchev–Trinajstić information content (AvgIpc) is 2.49. The molecule has 0 heterocycles. The molecule has 1 N–H and O–H groups in total. The van der Waals surface area contributed by atoms with Crippen LogP contribution in [0.15, 0.2) is 30.3 Å². The van der Waals surface area contributed by atoms with Crippen LogP contribution in [0.1, 0.15) is 32.3 Å². The predicted octanol–water partition coefficient (Wildman–Crippen LogP) is 2.13. The zero-order chi connectivity index (χ0) is 15.5. The summed E-state index contributed by atoms with van der Waals surface area (Å²) in [5.74, 6) is 0.226. The van der Waals surface area contributed by atoms with Crippen molar-refractivity contribution in [2.75, 3.05) is 32.8 Å². The van der Waals surface area contributed by atoms with E-state index in [1.54, 1.807) is 0 Å². The summed E-state index contributed by atoms with van der Waals surface area (Å²) in [5.41, 5.74) is 1.24. The second kappa shape index (κ2) is 10.4. The standard InChI is InChI=1S/C17H28N2O2/c1-3-19(4-2)17(21)11-8-12-18(13-14-20)15-16-9-6-5-7-10-16/h5-7,9-10,20H,3-4,8,11-15H2,1-2H3. The molecule has 21 heavy (non-hydrogen) atoms. The van der Waals surface area contributed by atoms with Gasteiger partial charge in [-0.3, -0.25) is 9.69 Å². The van der Waals surface area contributed by atoms with Crippen LogP contribution in [0, 0.1) is 0 Å². The highest BCUT2D eigenvalue weighted by Gasteiger charge is 2.11. The van der Waals surface area contributed by atoms with Crippen molar-refractivity contribution < 1.29 is 9.90 Å². The minimum atomic E-state index is 0.150. The molecule has 1 aromatic rings. The van der Waals surface area contributed by atoms with E-state index >= 15 is 0 Å². The van der Waals surface area contributed by atoms with Crippen molar-refractivity contribution in [3.8, 4) is 0 Å². The highest BCUT2D eigenvalue weighted by molar-refractivity contribution is 5.76. The molecule has 0 radical (unpaired) electrons. The van der Waals surface area contributed by atoms with E-state index in [4.69, 9.17) is 0 Å². The number of hydrogen-bond acceptors (Lipinski definition) is 3. The maximum atomic E-state index is 12.0. The predicted molar refractivity (Wildman–Crippen MR) is 86.0 cm³/mol. The van der Waals surface area contributed by atoms with Crippen molar-refractivity contribution in [3.63, 3.8) is 0 Å². The summed E-state index contributed by atoms with van der Waals surface area (Å²) in [6, 6.07) is 10.2. The minimum Gasteiger partial charge on any atom is -0.395 e. The Bertz CT molecular complexity index is 391. The van der Waals surface area contributed by atoms with E-state index in [1.165, 1.54) is 5.56 Å². The number of rotatable bonds is 10. The second-order valence-corrected chi connectivity index (χ2v) is 5.15. The van der Waals surface area contributed by atoms with Crippen LogP contribution in [0.25, 0.3) is 0 Å². The molecule has 0 aromatic heterocycles. The van der Waals surface area contributed by atoms with E-state index in [1.807, 2.05) is 36.9 Å². The Morgan fingerprint density at radius 2 is 1.76 bits per heavy atom. The van der Waals surface area contributed by atoms with E-state index < -0.39 is 0 Å². The van der Waals surface area contributed by atoms with Gasteiger partial charge >= 0.3 is 0 Å². The second-order valence-electron chi connectivity index (χ2n) is 5.15. The molecule has 0 saturated heterocycles. The Balaban J connectivity index is 2.39. The summed E-state index contributed by atoms with van der Waals surface area (Å²) in [7, 11) is 0. The molecule has 0 unspecified atom stereocenters. The molecule has 4 heteroatoms. The first kappa shape index (κ1) is 17.7. The van der Waals surface area contributed by atoms with Gasteiger partial charge in [0.25, 0.3) is 0 Å². The van der Waals surface area contributed by atoms with E-state index in [0.717, 1.165) is 32.6 Å². The maximum absolute atomic E-state index is 12.0. The van der Waals surface area contributed by atoms with Gasteiger partial charge in [0, 0.05) is 32.6 Å². The molecule has 1 amide bonds. The van der Waals surface area contributed by atoms with Gasteiger partial charge in [0.05, 0.1) is 6.61 Å². The third kappa shape index (κ3) is 6.74. The lowest BCUT2D eigenvalue weighted by molar-refractivity contribution is -0.131. The molecule has 4 nitrogen and oxygen atoms in total. The van der Waals surface area contributed by atoms with Crippen LogP contribution < -0.4 is 0 Å². The van der Waals surface area contributed by atoms with Crippen molar-refractivity contribution >= 4 is 5.91 Å². The third-order valence-corrected chi connectivity index (χ3v) is 3.65. The first-order chi connectivity index (χ1) is 10.2. The van der Waals surface area contributed by atoms with Gasteiger partial charge in [-0.15, -0.1) is 0 Å². The van der Waals surface area contributed by atoms with Gasteiger partial charge in [-0.1, -0.05) is 30.3 Å². The lowest BCUT2D eigenvalue weighted by atomic mass is 10.2. The molecule has 0 bridgehead atoms. The Morgan fingerprint density at radius 3 is 2.33 bits per heavy atom. The Hall–Kier alpha value is -1.39. The number of carbonyl (C=O) groups excluding carboxylic acids is 1. The topological polar surface area (TPSA) is 43.8 Å². The van der Waals surface area contributed by atoms with E-state index in [2.05, 4.69) is 17.0 Å². The number of hydrogen-bond donors (Lipinski definition) is 1. The van der Waals surface area contributed by atoms with Gasteiger partial charge in [0.15, 0.2) is 0 Å². The molecule has 0 spiro atoms. The molecule has 0 aliphatic rings. The number of carbonyl (C=O) groups is 1. The Morgan fingerprint density at radius 1 is 1.10 bits per heavy atom. The Kier molecular flexibility index (Phi) is 8.71. The van der Waals surface area contributed by atoms with Crippen LogP contribution >= 0.6 is 0 Å². The number of nitrogens with zero attached hydrogens (tertiary/aromatic N) is 2. The van der Waals surface area contributed by atoms with Crippen LogP contribution in [-0.4, -0.2) is 53.6 Å². The highest BCUT2D eigenvalue weighted by Crippen LogP contribution is 2.06. The molecule has 0 fully saturated rings. The smallest absolute Gasteiger partial charge is 0.222 e. The van der Waals surface area contributed by atoms with E-state index in [-0.39, 0.29) is 12.5 Å². The Labute approximate surface area is 128 Å². The van der Waals surface area contributed by atoms with Gasteiger partial charge in [0.1, 0.15) is 0 Å². The van der Waals surface area contributed by atoms with E-state index in [0.29, 0.717) is 13.0 Å². The fourth-order valence-electron chi connectivity index (χ4n) is 2.44. The molecular weight excluding hydrogens is 264 g/mol. The van der Waals surface area contributed by atoms with Crippen LogP contribution in [0.3, 0.4) is 0 Å². The monoisotopic (exact) mass is 292 g/mol. The molecular formula is C17H28N2O2. The molecule has 118 valence electrons. The first-order valence-electron chi connectivity index (χ1n) is 7.86. The third-order valence-electron chi connectivity index (χ3n) is 3.65. The number of benzene rings is 1. The van der Waals surface area contributed by atoms with Gasteiger partial charge in [-0.2, -0.15) is 0 Å². The molecule has 1 rings (SSSR count). The summed E-state index contributed by atoms with van der Waals surface area (Å²) in [5, 5.41) is 9.17. The van der Waals surface area contributed by atoms with Gasteiger partial charge < -0.3 is 10.0 Å². The fraction of sp³-hybridized carbons (Fsp3) is 0.588.